The van der Waals surface area contributed by atoms with Crippen molar-refractivity contribution in [3.05, 3.63) is 70.0 Å². The quantitative estimate of drug-likeness (QED) is 0.247. The highest BCUT2D eigenvalue weighted by molar-refractivity contribution is 5.77. The van der Waals surface area contributed by atoms with Gasteiger partial charge in [0.2, 0.25) is 5.95 Å². The number of aryl methyl sites for hydroxylation is 1. The fourth-order valence-corrected chi connectivity index (χ4v) is 6.44. The monoisotopic (exact) mass is 700 g/mol. The number of carboxylic acids is 1. The number of halogens is 8. The number of aromatic hydroxyl groups is 1. The van der Waals surface area contributed by atoms with Crippen molar-refractivity contribution >= 4 is 18.0 Å². The first-order valence-corrected chi connectivity index (χ1v) is 15.0. The zero-order valence-electron chi connectivity index (χ0n) is 25.7. The van der Waals surface area contributed by atoms with Crippen LogP contribution < -0.4 is 4.90 Å². The number of amides is 1. The summed E-state index contributed by atoms with van der Waals surface area (Å²) in [7, 11) is 0. The molecule has 2 aliphatic heterocycles. The Kier molecular flexibility index (Phi) is 8.17. The molecule has 2 atom stereocenters. The van der Waals surface area contributed by atoms with Gasteiger partial charge in [0, 0.05) is 11.1 Å². The van der Waals surface area contributed by atoms with Crippen LogP contribution in [0.25, 0.3) is 11.1 Å². The number of phenols is 1. The van der Waals surface area contributed by atoms with Crippen molar-refractivity contribution in [2.45, 2.75) is 69.6 Å². The number of carbonyl (C=O) groups excluding carboxylic acids is 1. The van der Waals surface area contributed by atoms with Crippen molar-refractivity contribution in [2.24, 2.45) is 5.92 Å². The third kappa shape index (κ3) is 6.54. The predicted molar refractivity (Wildman–Crippen MR) is 155 cm³/mol. The molecule has 2 saturated heterocycles. The molecule has 3 aromatic rings. The minimum Gasteiger partial charge on any atom is -0.507 e. The van der Waals surface area contributed by atoms with Crippen molar-refractivity contribution in [1.29, 1.82) is 0 Å². The Morgan fingerprint density at radius 2 is 1.59 bits per heavy atom. The summed E-state index contributed by atoms with van der Waals surface area (Å²) in [5, 5.41) is 20.2. The number of cyclic esters (lactones) is 1. The summed E-state index contributed by atoms with van der Waals surface area (Å²) in [5.41, 5.74) is -2.38. The van der Waals surface area contributed by atoms with Gasteiger partial charge in [0.05, 0.1) is 54.1 Å². The van der Waals surface area contributed by atoms with Gasteiger partial charge >= 0.3 is 24.4 Å². The second-order valence-corrected chi connectivity index (χ2v) is 12.6. The third-order valence-electron chi connectivity index (χ3n) is 9.18. The first-order chi connectivity index (χ1) is 22.7. The maximum atomic E-state index is 13.8. The van der Waals surface area contributed by atoms with E-state index in [0.717, 1.165) is 4.90 Å². The Bertz CT molecular complexity index is 1790. The first-order valence-electron chi connectivity index (χ1n) is 15.0. The summed E-state index contributed by atoms with van der Waals surface area (Å²) >= 11 is 0. The van der Waals surface area contributed by atoms with Crippen LogP contribution in [0, 0.1) is 12.8 Å². The van der Waals surface area contributed by atoms with Crippen molar-refractivity contribution in [3.63, 3.8) is 0 Å². The summed E-state index contributed by atoms with van der Waals surface area (Å²) in [4.78, 5) is 35.6. The third-order valence-corrected chi connectivity index (χ3v) is 9.18. The predicted octanol–water partition coefficient (Wildman–Crippen LogP) is 7.31. The average molecular weight is 701 g/mol. The van der Waals surface area contributed by atoms with Crippen molar-refractivity contribution < 1.29 is 59.7 Å². The maximum Gasteiger partial charge on any atom is 0.416 e. The Labute approximate surface area is 273 Å². The lowest BCUT2D eigenvalue weighted by atomic mass is 9.71. The molecule has 1 saturated carbocycles. The Morgan fingerprint density at radius 1 is 0.980 bits per heavy atom. The molecule has 0 bridgehead atoms. The molecular formula is C32H28F8N4O5. The molecule has 0 spiro atoms. The molecule has 262 valence electrons. The van der Waals surface area contributed by atoms with E-state index in [9.17, 15) is 54.9 Å². The van der Waals surface area contributed by atoms with Crippen LogP contribution in [0.4, 0.5) is 45.9 Å². The van der Waals surface area contributed by atoms with Gasteiger partial charge in [0.25, 0.3) is 5.92 Å². The molecule has 9 nitrogen and oxygen atoms in total. The zero-order chi connectivity index (χ0) is 35.8. The van der Waals surface area contributed by atoms with Gasteiger partial charge in [-0.3, -0.25) is 9.69 Å². The molecule has 0 unspecified atom stereocenters. The van der Waals surface area contributed by atoms with E-state index >= 15 is 0 Å². The van der Waals surface area contributed by atoms with Gasteiger partial charge in [-0.1, -0.05) is 6.07 Å². The minimum absolute atomic E-state index is 0.0339. The number of benzene rings is 2. The number of carboxylic acid groups (broad SMARTS) is 1. The normalized spacial score (nSPS) is 23.6. The van der Waals surface area contributed by atoms with Crippen LogP contribution in [-0.4, -0.2) is 62.2 Å². The number of nitrogens with zero attached hydrogens (tertiary/aromatic N) is 4. The molecule has 3 heterocycles. The number of aliphatic carboxylic acids is 1. The lowest BCUT2D eigenvalue weighted by molar-refractivity contribution is -0.145. The van der Waals surface area contributed by atoms with Crippen LogP contribution in [-0.2, 0) is 28.4 Å². The highest BCUT2D eigenvalue weighted by Gasteiger charge is 2.47. The molecule has 1 aromatic heterocycles. The van der Waals surface area contributed by atoms with E-state index < -0.39 is 84.7 Å². The van der Waals surface area contributed by atoms with E-state index in [0.29, 0.717) is 30.5 Å². The molecule has 6 rings (SSSR count). The van der Waals surface area contributed by atoms with Crippen LogP contribution in [0.2, 0.25) is 0 Å². The smallest absolute Gasteiger partial charge is 0.416 e. The van der Waals surface area contributed by atoms with Crippen LogP contribution in [0.3, 0.4) is 0 Å². The van der Waals surface area contributed by atoms with Gasteiger partial charge in [-0.25, -0.2) is 23.5 Å². The SMILES string of the molecule is Cc1nc(N2CC(F)(F)C2)nc(CN2C(=O)O[C@H](c3cc(C(F)(F)F)cc(C(F)(F)F)c3)[C@@H]2C)c1-c1cc(C2CC(C(=O)O)C2)ccc1O. The molecule has 0 radical (unpaired) electrons. The van der Waals surface area contributed by atoms with Gasteiger partial charge in [-0.15, -0.1) is 0 Å². The molecule has 3 aliphatic rings. The number of phenolic OH excluding ortho intramolecular Hbond substituents is 1. The van der Waals surface area contributed by atoms with E-state index in [-0.39, 0.29) is 46.2 Å². The number of ether oxygens (including phenoxy) is 1. The Hall–Kier alpha value is -4.70. The van der Waals surface area contributed by atoms with E-state index in [4.69, 9.17) is 4.74 Å². The number of hydrogen-bond donors (Lipinski definition) is 2. The standard InChI is InChI=1S/C32H28F8N4O5/c1-14-25(22-9-16(3-4-24(22)45)17-5-19(6-17)27(46)47)23(42-28(41-14)43-12-30(33,34)13-43)11-44-15(2)26(49-29(44)48)18-7-20(31(35,36)37)10-21(8-18)32(38,39)40/h3-4,7-10,15,17,19,26,45H,5-6,11-13H2,1-2H3,(H,46,47)/t15-,17?,19?,26-/m0/s1. The summed E-state index contributed by atoms with van der Waals surface area (Å²) in [6, 6.07) is 4.41. The lowest BCUT2D eigenvalue weighted by Gasteiger charge is -2.39. The Morgan fingerprint density at radius 3 is 2.14 bits per heavy atom. The van der Waals surface area contributed by atoms with Gasteiger partial charge in [0.1, 0.15) is 11.9 Å². The van der Waals surface area contributed by atoms with Crippen molar-refractivity contribution in [3.8, 4) is 16.9 Å². The molecule has 17 heteroatoms. The van der Waals surface area contributed by atoms with Gasteiger partial charge in [-0.05, 0) is 74.1 Å². The van der Waals surface area contributed by atoms with Crippen LogP contribution in [0.15, 0.2) is 36.4 Å². The van der Waals surface area contributed by atoms with E-state index in [1.165, 1.54) is 24.8 Å². The molecular weight excluding hydrogens is 672 g/mol. The number of anilines is 1. The maximum absolute atomic E-state index is 13.8. The summed E-state index contributed by atoms with van der Waals surface area (Å²) < 4.78 is 114. The van der Waals surface area contributed by atoms with E-state index in [1.54, 1.807) is 12.1 Å². The highest BCUT2D eigenvalue weighted by atomic mass is 19.4. The number of alkyl halides is 8. The van der Waals surface area contributed by atoms with Gasteiger partial charge in [0.15, 0.2) is 0 Å². The van der Waals surface area contributed by atoms with Gasteiger partial charge in [-0.2, -0.15) is 26.3 Å². The summed E-state index contributed by atoms with van der Waals surface area (Å²) in [5.74, 6) is -4.97. The number of rotatable bonds is 7. The van der Waals surface area contributed by atoms with Crippen LogP contribution in [0.1, 0.15) is 65.4 Å². The zero-order valence-corrected chi connectivity index (χ0v) is 25.7. The fourth-order valence-electron chi connectivity index (χ4n) is 6.44. The lowest BCUT2D eigenvalue weighted by Crippen LogP contribution is -2.57. The van der Waals surface area contributed by atoms with Crippen LogP contribution >= 0.6 is 0 Å². The number of hydrogen-bond acceptors (Lipinski definition) is 7. The number of carbonyl (C=O) groups is 2. The van der Waals surface area contributed by atoms with Crippen LogP contribution in [0.5, 0.6) is 5.75 Å². The second-order valence-electron chi connectivity index (χ2n) is 12.6. The van der Waals surface area contributed by atoms with E-state index in [2.05, 4.69) is 9.97 Å². The molecule has 1 aliphatic carbocycles. The molecule has 2 N–H and O–H groups in total. The van der Waals surface area contributed by atoms with Crippen molar-refractivity contribution in [1.82, 2.24) is 14.9 Å². The largest absolute Gasteiger partial charge is 0.507 e. The topological polar surface area (TPSA) is 116 Å². The van der Waals surface area contributed by atoms with Gasteiger partial charge < -0.3 is 19.8 Å². The molecule has 1 amide bonds. The summed E-state index contributed by atoms with van der Waals surface area (Å²) in [6.07, 6.45) is -12.2. The minimum atomic E-state index is -5.14. The molecule has 3 fully saturated rings. The van der Waals surface area contributed by atoms with E-state index in [1.807, 2.05) is 0 Å². The first kappa shape index (κ1) is 34.2. The average Bonchev–Trinajstić information content (AvgIpc) is 3.23. The fraction of sp³-hybridized carbons (Fsp3) is 0.438. The second kappa shape index (κ2) is 11.7. The summed E-state index contributed by atoms with van der Waals surface area (Å²) in [6.45, 7) is 1.04. The molecule has 2 aromatic carbocycles. The number of aromatic nitrogens is 2. The highest BCUT2D eigenvalue weighted by Crippen LogP contribution is 2.46. The molecule has 49 heavy (non-hydrogen) atoms. The van der Waals surface area contributed by atoms with Crippen molar-refractivity contribution in [2.75, 3.05) is 18.0 Å². The Balaban J connectivity index is 1.38.